The molecule has 0 saturated carbocycles. The normalized spacial score (nSPS) is 16.8. The summed E-state index contributed by atoms with van der Waals surface area (Å²) < 4.78 is 13.4. The lowest BCUT2D eigenvalue weighted by Gasteiger charge is -2.19. The average molecular weight is 486 g/mol. The number of para-hydroxylation sites is 1. The van der Waals surface area contributed by atoms with Gasteiger partial charge >= 0.3 is 0 Å². The van der Waals surface area contributed by atoms with Crippen LogP contribution in [0.3, 0.4) is 0 Å². The van der Waals surface area contributed by atoms with E-state index in [0.29, 0.717) is 23.7 Å². The topological polar surface area (TPSA) is 73.2 Å². The largest absolute Gasteiger partial charge is 0.321 e. The lowest BCUT2D eigenvalue weighted by molar-refractivity contribution is -0.117. The molecular formula is C28H24FN3O2S. The standard InChI is InChI=1S/C28H24FN3O2S/c1-18(2)20-10-14-23(15-11-20)32-27(34)25(16-19-8-12-21(29)13-9-19)35-28(32)24(17-30)26(33)31-22-6-4-3-5-7-22/h3-15,18,25H,16H2,1-2H3,(H,31,33)/b28-24-. The molecule has 35 heavy (non-hydrogen) atoms. The summed E-state index contributed by atoms with van der Waals surface area (Å²) in [5, 5.41) is 12.4. The molecule has 1 fully saturated rings. The van der Waals surface area contributed by atoms with E-state index in [0.717, 1.165) is 11.1 Å². The maximum absolute atomic E-state index is 13.6. The third-order valence-electron chi connectivity index (χ3n) is 5.69. The molecule has 2 amide bonds. The molecule has 0 bridgehead atoms. The maximum atomic E-state index is 13.6. The molecule has 3 aromatic rings. The quantitative estimate of drug-likeness (QED) is 0.343. The number of nitriles is 1. The molecule has 1 atom stereocenters. The number of amides is 2. The van der Waals surface area contributed by atoms with Crippen molar-refractivity contribution in [1.29, 1.82) is 5.26 Å². The van der Waals surface area contributed by atoms with Gasteiger partial charge in [0.15, 0.2) is 0 Å². The summed E-state index contributed by atoms with van der Waals surface area (Å²) in [5.41, 5.74) is 2.91. The number of anilines is 2. The first kappa shape index (κ1) is 24.2. The second-order valence-corrected chi connectivity index (χ2v) is 9.66. The van der Waals surface area contributed by atoms with Gasteiger partial charge in [-0.3, -0.25) is 14.5 Å². The minimum atomic E-state index is -0.583. The molecule has 1 aliphatic rings. The molecule has 1 aliphatic heterocycles. The highest BCUT2D eigenvalue weighted by Crippen LogP contribution is 2.42. The van der Waals surface area contributed by atoms with Crippen LogP contribution in [0.25, 0.3) is 0 Å². The number of carbonyl (C=O) groups excluding carboxylic acids is 2. The molecule has 1 saturated heterocycles. The summed E-state index contributed by atoms with van der Waals surface area (Å²) in [6.07, 6.45) is 0.340. The second-order valence-electron chi connectivity index (χ2n) is 8.47. The van der Waals surface area contributed by atoms with Crippen molar-refractivity contribution < 1.29 is 14.0 Å². The van der Waals surface area contributed by atoms with E-state index in [4.69, 9.17) is 0 Å². The fraction of sp³-hybridized carbons (Fsp3) is 0.179. The van der Waals surface area contributed by atoms with Crippen molar-refractivity contribution >= 4 is 35.0 Å². The second kappa shape index (κ2) is 10.6. The highest BCUT2D eigenvalue weighted by atomic mass is 32.2. The molecule has 0 radical (unpaired) electrons. The van der Waals surface area contributed by atoms with Crippen LogP contribution in [-0.4, -0.2) is 17.1 Å². The first-order valence-corrected chi connectivity index (χ1v) is 12.1. The first-order valence-electron chi connectivity index (χ1n) is 11.2. The smallest absolute Gasteiger partial charge is 0.269 e. The SMILES string of the molecule is CC(C)c1ccc(N2C(=O)C(Cc3ccc(F)cc3)S/C2=C(/C#N)C(=O)Nc2ccccc2)cc1. The van der Waals surface area contributed by atoms with E-state index in [1.165, 1.54) is 28.8 Å². The Morgan fingerprint density at radius 2 is 1.71 bits per heavy atom. The van der Waals surface area contributed by atoms with Crippen LogP contribution in [0, 0.1) is 17.1 Å². The number of hydrogen-bond acceptors (Lipinski definition) is 4. The Morgan fingerprint density at radius 1 is 1.06 bits per heavy atom. The lowest BCUT2D eigenvalue weighted by Crippen LogP contribution is -2.31. The summed E-state index contributed by atoms with van der Waals surface area (Å²) in [6.45, 7) is 4.16. The predicted octanol–water partition coefficient (Wildman–Crippen LogP) is 6.01. The third kappa shape index (κ3) is 5.44. The lowest BCUT2D eigenvalue weighted by atomic mass is 10.0. The van der Waals surface area contributed by atoms with Gasteiger partial charge in [-0.2, -0.15) is 5.26 Å². The number of nitrogens with zero attached hydrogens (tertiary/aromatic N) is 2. The molecule has 1 unspecified atom stereocenters. The van der Waals surface area contributed by atoms with E-state index in [9.17, 15) is 19.2 Å². The molecule has 5 nitrogen and oxygen atoms in total. The number of carbonyl (C=O) groups is 2. The van der Waals surface area contributed by atoms with Crippen molar-refractivity contribution in [3.63, 3.8) is 0 Å². The fourth-order valence-electron chi connectivity index (χ4n) is 3.78. The predicted molar refractivity (Wildman–Crippen MR) is 137 cm³/mol. The van der Waals surface area contributed by atoms with Gasteiger partial charge in [-0.05, 0) is 59.9 Å². The van der Waals surface area contributed by atoms with Gasteiger partial charge in [0.05, 0.1) is 5.25 Å². The maximum Gasteiger partial charge on any atom is 0.269 e. The van der Waals surface area contributed by atoms with Gasteiger partial charge in [0.1, 0.15) is 22.5 Å². The monoisotopic (exact) mass is 485 g/mol. The zero-order chi connectivity index (χ0) is 24.9. The van der Waals surface area contributed by atoms with Gasteiger partial charge in [0, 0.05) is 11.4 Å². The molecule has 7 heteroatoms. The zero-order valence-electron chi connectivity index (χ0n) is 19.4. The van der Waals surface area contributed by atoms with Crippen molar-refractivity contribution in [2.45, 2.75) is 31.4 Å². The number of halogens is 1. The van der Waals surface area contributed by atoms with Crippen molar-refractivity contribution in [3.8, 4) is 6.07 Å². The van der Waals surface area contributed by atoms with Gasteiger partial charge in [-0.1, -0.05) is 68.1 Å². The number of hydrogen-bond donors (Lipinski definition) is 1. The van der Waals surface area contributed by atoms with Gasteiger partial charge < -0.3 is 5.32 Å². The summed E-state index contributed by atoms with van der Waals surface area (Å²) in [5.74, 6) is -0.844. The van der Waals surface area contributed by atoms with Crippen LogP contribution >= 0.6 is 11.8 Å². The van der Waals surface area contributed by atoms with Crippen molar-refractivity contribution in [3.05, 3.63) is 106 Å². The van der Waals surface area contributed by atoms with Crippen LogP contribution in [0.1, 0.15) is 30.9 Å². The minimum absolute atomic E-state index is 0.137. The molecule has 0 aliphatic carbocycles. The van der Waals surface area contributed by atoms with Gasteiger partial charge in [0.25, 0.3) is 5.91 Å². The highest BCUT2D eigenvalue weighted by molar-refractivity contribution is 8.05. The van der Waals surface area contributed by atoms with Crippen LogP contribution in [0.2, 0.25) is 0 Å². The van der Waals surface area contributed by atoms with E-state index in [2.05, 4.69) is 19.2 Å². The Balaban J connectivity index is 1.72. The first-order chi connectivity index (χ1) is 16.9. The molecule has 0 spiro atoms. The minimum Gasteiger partial charge on any atom is -0.321 e. The van der Waals surface area contributed by atoms with Gasteiger partial charge in [-0.15, -0.1) is 0 Å². The Bertz CT molecular complexity index is 1300. The van der Waals surface area contributed by atoms with E-state index in [1.807, 2.05) is 36.4 Å². The molecule has 0 aromatic heterocycles. The highest BCUT2D eigenvalue weighted by Gasteiger charge is 2.40. The van der Waals surface area contributed by atoms with Crippen molar-refractivity contribution in [1.82, 2.24) is 0 Å². The average Bonchev–Trinajstić information content (AvgIpc) is 3.17. The van der Waals surface area contributed by atoms with Crippen LogP contribution in [0.5, 0.6) is 0 Å². The number of rotatable bonds is 6. The van der Waals surface area contributed by atoms with E-state index in [1.54, 1.807) is 36.4 Å². The van der Waals surface area contributed by atoms with Crippen molar-refractivity contribution in [2.24, 2.45) is 0 Å². The number of benzene rings is 3. The van der Waals surface area contributed by atoms with Gasteiger partial charge in [0.2, 0.25) is 5.91 Å². The molecule has 1 N–H and O–H groups in total. The van der Waals surface area contributed by atoms with Crippen LogP contribution in [-0.2, 0) is 16.0 Å². The summed E-state index contributed by atoms with van der Waals surface area (Å²) in [4.78, 5) is 28.1. The Kier molecular flexibility index (Phi) is 7.33. The Labute approximate surface area is 208 Å². The fourth-order valence-corrected chi connectivity index (χ4v) is 5.09. The Morgan fingerprint density at radius 3 is 2.31 bits per heavy atom. The molecule has 176 valence electrons. The summed E-state index contributed by atoms with van der Waals surface area (Å²) >= 11 is 1.18. The van der Waals surface area contributed by atoms with E-state index >= 15 is 0 Å². The molecule has 3 aromatic carbocycles. The van der Waals surface area contributed by atoms with Crippen LogP contribution in [0.15, 0.2) is 89.5 Å². The summed E-state index contributed by atoms with van der Waals surface area (Å²) in [7, 11) is 0. The van der Waals surface area contributed by atoms with Crippen LogP contribution in [0.4, 0.5) is 15.8 Å². The van der Waals surface area contributed by atoms with E-state index < -0.39 is 11.2 Å². The molecule has 1 heterocycles. The number of nitrogens with one attached hydrogen (secondary N) is 1. The molecular weight excluding hydrogens is 461 g/mol. The van der Waals surface area contributed by atoms with Crippen LogP contribution < -0.4 is 10.2 Å². The van der Waals surface area contributed by atoms with Gasteiger partial charge in [-0.25, -0.2) is 4.39 Å². The molecule has 4 rings (SSSR count). The zero-order valence-corrected chi connectivity index (χ0v) is 20.2. The third-order valence-corrected chi connectivity index (χ3v) is 6.95. The van der Waals surface area contributed by atoms with Crippen molar-refractivity contribution in [2.75, 3.05) is 10.2 Å². The van der Waals surface area contributed by atoms with E-state index in [-0.39, 0.29) is 22.3 Å². The Hall–Kier alpha value is -3.89. The number of thioether (sulfide) groups is 1. The summed E-state index contributed by atoms with van der Waals surface area (Å²) in [6, 6.07) is 24.4.